The van der Waals surface area contributed by atoms with Crippen LogP contribution in [-0.4, -0.2) is 15.0 Å². The third kappa shape index (κ3) is 3.38. The lowest BCUT2D eigenvalue weighted by molar-refractivity contribution is 0.185. The summed E-state index contributed by atoms with van der Waals surface area (Å²) in [7, 11) is 7.57. The fourth-order valence-corrected chi connectivity index (χ4v) is 1.81. The molecule has 0 amide bonds. The predicted octanol–water partition coefficient (Wildman–Crippen LogP) is 2.53. The van der Waals surface area contributed by atoms with Crippen molar-refractivity contribution in [1.29, 1.82) is 0 Å². The standard InChI is InChI=1S/C13H19BO/c1-4-5-10(2)11-6-7-13(14)12(8-11)9-15-3/h6-8,10H,4-5,9H2,1-3H3. The molecule has 1 aromatic rings. The first-order valence-corrected chi connectivity index (χ1v) is 5.56. The molecule has 0 N–H and O–H groups in total. The molecule has 0 aromatic heterocycles. The summed E-state index contributed by atoms with van der Waals surface area (Å²) in [6.45, 7) is 5.06. The first-order valence-electron chi connectivity index (χ1n) is 5.56. The zero-order valence-electron chi connectivity index (χ0n) is 9.92. The summed E-state index contributed by atoms with van der Waals surface area (Å²) in [4.78, 5) is 0. The lowest BCUT2D eigenvalue weighted by atomic mass is 9.86. The van der Waals surface area contributed by atoms with E-state index in [1.165, 1.54) is 18.4 Å². The van der Waals surface area contributed by atoms with Gasteiger partial charge in [0.15, 0.2) is 0 Å². The smallest absolute Gasteiger partial charge is 0.114 e. The van der Waals surface area contributed by atoms with Crippen molar-refractivity contribution in [2.45, 2.75) is 39.2 Å². The van der Waals surface area contributed by atoms with Gasteiger partial charge in [-0.05, 0) is 23.5 Å². The zero-order chi connectivity index (χ0) is 11.3. The van der Waals surface area contributed by atoms with E-state index in [4.69, 9.17) is 12.6 Å². The molecule has 0 heterocycles. The normalized spacial score (nSPS) is 12.7. The van der Waals surface area contributed by atoms with Crippen LogP contribution in [0.1, 0.15) is 43.7 Å². The lowest BCUT2D eigenvalue weighted by Gasteiger charge is -2.14. The molecular weight excluding hydrogens is 183 g/mol. The summed E-state index contributed by atoms with van der Waals surface area (Å²) < 4.78 is 5.12. The molecule has 0 bridgehead atoms. The molecule has 1 unspecified atom stereocenters. The third-order valence-electron chi connectivity index (χ3n) is 2.76. The third-order valence-corrected chi connectivity index (χ3v) is 2.76. The molecule has 0 aliphatic rings. The Kier molecular flexibility index (Phi) is 4.90. The fraction of sp³-hybridized carbons (Fsp3) is 0.538. The van der Waals surface area contributed by atoms with Crippen molar-refractivity contribution in [1.82, 2.24) is 0 Å². The highest BCUT2D eigenvalue weighted by Crippen LogP contribution is 2.20. The van der Waals surface area contributed by atoms with E-state index < -0.39 is 0 Å². The van der Waals surface area contributed by atoms with Crippen molar-refractivity contribution >= 4 is 13.3 Å². The van der Waals surface area contributed by atoms with E-state index in [1.54, 1.807) is 7.11 Å². The van der Waals surface area contributed by atoms with Gasteiger partial charge in [-0.2, -0.15) is 0 Å². The highest BCUT2D eigenvalue weighted by molar-refractivity contribution is 6.33. The van der Waals surface area contributed by atoms with Crippen LogP contribution in [0, 0.1) is 0 Å². The first-order chi connectivity index (χ1) is 7.19. The van der Waals surface area contributed by atoms with E-state index in [2.05, 4.69) is 26.0 Å². The van der Waals surface area contributed by atoms with Crippen LogP contribution in [0.2, 0.25) is 0 Å². The quantitative estimate of drug-likeness (QED) is 0.666. The summed E-state index contributed by atoms with van der Waals surface area (Å²) in [5, 5.41) is 0. The van der Waals surface area contributed by atoms with Gasteiger partial charge in [-0.25, -0.2) is 0 Å². The van der Waals surface area contributed by atoms with Gasteiger partial charge in [0.1, 0.15) is 7.85 Å². The van der Waals surface area contributed by atoms with Crippen LogP contribution in [0.3, 0.4) is 0 Å². The number of methoxy groups -OCH3 is 1. The molecule has 0 saturated carbocycles. The maximum absolute atomic E-state index is 5.87. The molecule has 0 fully saturated rings. The van der Waals surface area contributed by atoms with Crippen LogP contribution in [0.4, 0.5) is 0 Å². The second-order valence-corrected chi connectivity index (χ2v) is 4.08. The Hall–Kier alpha value is -0.755. The van der Waals surface area contributed by atoms with Crippen molar-refractivity contribution in [3.05, 3.63) is 29.3 Å². The minimum absolute atomic E-state index is 0.596. The Morgan fingerprint density at radius 3 is 2.73 bits per heavy atom. The van der Waals surface area contributed by atoms with Gasteiger partial charge in [0.05, 0.1) is 6.61 Å². The van der Waals surface area contributed by atoms with Crippen LogP contribution >= 0.6 is 0 Å². The number of rotatable bonds is 5. The van der Waals surface area contributed by atoms with Crippen LogP contribution in [-0.2, 0) is 11.3 Å². The lowest BCUT2D eigenvalue weighted by Crippen LogP contribution is -2.12. The van der Waals surface area contributed by atoms with E-state index in [0.717, 1.165) is 11.0 Å². The number of hydrogen-bond acceptors (Lipinski definition) is 1. The number of benzene rings is 1. The second kappa shape index (κ2) is 5.97. The van der Waals surface area contributed by atoms with Crippen LogP contribution in [0.25, 0.3) is 0 Å². The van der Waals surface area contributed by atoms with Crippen LogP contribution in [0.5, 0.6) is 0 Å². The molecule has 1 aromatic carbocycles. The topological polar surface area (TPSA) is 9.23 Å². The average molecular weight is 202 g/mol. The molecule has 0 aliphatic heterocycles. The average Bonchev–Trinajstić information content (AvgIpc) is 2.22. The maximum Gasteiger partial charge on any atom is 0.114 e. The fourth-order valence-electron chi connectivity index (χ4n) is 1.81. The van der Waals surface area contributed by atoms with Gasteiger partial charge in [-0.3, -0.25) is 0 Å². The summed E-state index contributed by atoms with van der Waals surface area (Å²) in [5.74, 6) is 0.603. The van der Waals surface area contributed by atoms with Crippen molar-refractivity contribution in [3.8, 4) is 0 Å². The largest absolute Gasteiger partial charge is 0.380 e. The van der Waals surface area contributed by atoms with Gasteiger partial charge in [0.25, 0.3) is 0 Å². The predicted molar refractivity (Wildman–Crippen MR) is 65.9 cm³/mol. The van der Waals surface area contributed by atoms with Crippen LogP contribution in [0.15, 0.2) is 18.2 Å². The molecule has 0 spiro atoms. The van der Waals surface area contributed by atoms with Gasteiger partial charge in [0, 0.05) is 7.11 Å². The van der Waals surface area contributed by atoms with E-state index in [1.807, 2.05) is 6.07 Å². The zero-order valence-corrected chi connectivity index (χ0v) is 9.92. The van der Waals surface area contributed by atoms with Crippen molar-refractivity contribution in [3.63, 3.8) is 0 Å². The van der Waals surface area contributed by atoms with Crippen molar-refractivity contribution in [2.24, 2.45) is 0 Å². The van der Waals surface area contributed by atoms with Gasteiger partial charge < -0.3 is 4.74 Å². The molecule has 80 valence electrons. The van der Waals surface area contributed by atoms with Gasteiger partial charge >= 0.3 is 0 Å². The van der Waals surface area contributed by atoms with Gasteiger partial charge in [0.2, 0.25) is 0 Å². The number of hydrogen-bond donors (Lipinski definition) is 0. The number of ether oxygens (including phenoxy) is 1. The Morgan fingerprint density at radius 2 is 2.13 bits per heavy atom. The van der Waals surface area contributed by atoms with E-state index in [0.29, 0.717) is 12.5 Å². The summed E-state index contributed by atoms with van der Waals surface area (Å²) in [6.07, 6.45) is 2.43. The van der Waals surface area contributed by atoms with Gasteiger partial charge in [-0.1, -0.05) is 43.9 Å². The highest BCUT2D eigenvalue weighted by Gasteiger charge is 2.06. The summed E-state index contributed by atoms with van der Waals surface area (Å²) in [5.41, 5.74) is 3.28. The molecule has 1 atom stereocenters. The Bertz CT molecular complexity index is 309. The maximum atomic E-state index is 5.87. The van der Waals surface area contributed by atoms with E-state index in [9.17, 15) is 0 Å². The second-order valence-electron chi connectivity index (χ2n) is 4.08. The Morgan fingerprint density at radius 1 is 1.40 bits per heavy atom. The van der Waals surface area contributed by atoms with E-state index >= 15 is 0 Å². The molecular formula is C13H19BO. The van der Waals surface area contributed by atoms with Crippen LogP contribution < -0.4 is 5.46 Å². The van der Waals surface area contributed by atoms with Crippen molar-refractivity contribution in [2.75, 3.05) is 7.11 Å². The van der Waals surface area contributed by atoms with Gasteiger partial charge in [-0.15, -0.1) is 0 Å². The summed E-state index contributed by atoms with van der Waals surface area (Å²) >= 11 is 0. The molecule has 0 saturated heterocycles. The first kappa shape index (κ1) is 12.3. The molecule has 2 radical (unpaired) electrons. The molecule has 1 nitrogen and oxygen atoms in total. The van der Waals surface area contributed by atoms with E-state index in [-0.39, 0.29) is 0 Å². The molecule has 2 heteroatoms. The minimum atomic E-state index is 0.596. The monoisotopic (exact) mass is 202 g/mol. The Balaban J connectivity index is 2.86. The highest BCUT2D eigenvalue weighted by atomic mass is 16.5. The van der Waals surface area contributed by atoms with Crippen molar-refractivity contribution < 1.29 is 4.74 Å². The molecule has 0 aliphatic carbocycles. The molecule has 15 heavy (non-hydrogen) atoms. The minimum Gasteiger partial charge on any atom is -0.380 e. The SMILES string of the molecule is [B]c1ccc(C(C)CCC)cc1COC. The Labute approximate surface area is 94.3 Å². The summed E-state index contributed by atoms with van der Waals surface area (Å²) in [6, 6.07) is 6.27. The molecule has 1 rings (SSSR count).